The van der Waals surface area contributed by atoms with Crippen LogP contribution in [0, 0.1) is 6.92 Å². The lowest BCUT2D eigenvalue weighted by Gasteiger charge is -2.16. The molecular formula is C24H24F3N5O4. The number of fused-ring (bicyclic) bond motifs is 1. The highest BCUT2D eigenvalue weighted by Crippen LogP contribution is 2.35. The Morgan fingerprint density at radius 1 is 1.28 bits per heavy atom. The third-order valence-corrected chi connectivity index (χ3v) is 5.20. The van der Waals surface area contributed by atoms with Gasteiger partial charge in [0.05, 0.1) is 12.7 Å². The molecule has 0 saturated carbocycles. The van der Waals surface area contributed by atoms with Crippen molar-refractivity contribution in [2.45, 2.75) is 19.6 Å². The number of aliphatic imine (C=N–C) groups is 1. The van der Waals surface area contributed by atoms with Gasteiger partial charge in [0, 0.05) is 24.8 Å². The molecule has 1 aliphatic heterocycles. The van der Waals surface area contributed by atoms with Gasteiger partial charge in [-0.15, -0.1) is 0 Å². The van der Waals surface area contributed by atoms with E-state index in [0.29, 0.717) is 29.4 Å². The first kappa shape index (κ1) is 26.3. The van der Waals surface area contributed by atoms with E-state index >= 15 is 0 Å². The van der Waals surface area contributed by atoms with Gasteiger partial charge in [0.1, 0.15) is 11.3 Å². The Morgan fingerprint density at radius 3 is 2.61 bits per heavy atom. The number of aryl methyl sites for hydroxylation is 1. The molecule has 190 valence electrons. The number of rotatable bonds is 7. The number of hydroxylamine groups is 1. The zero-order chi connectivity index (χ0) is 26.6. The molecule has 2 amide bonds. The number of halogens is 3. The number of guanidine groups is 1. The van der Waals surface area contributed by atoms with Gasteiger partial charge in [-0.1, -0.05) is 24.8 Å². The minimum absolute atomic E-state index is 0.0957. The predicted molar refractivity (Wildman–Crippen MR) is 127 cm³/mol. The number of carbonyl (C=O) groups is 2. The van der Waals surface area contributed by atoms with Crippen molar-refractivity contribution in [1.82, 2.24) is 10.4 Å². The summed E-state index contributed by atoms with van der Waals surface area (Å²) < 4.78 is 46.8. The van der Waals surface area contributed by atoms with Crippen LogP contribution in [0.15, 0.2) is 65.5 Å². The standard InChI is InChI=1S/C24H24F3N5O4/c1-5-16(24(25,26)27)21(36-18-8-6-7-15-12-32(3)22(34)19(15)18)30-23(28)29-17-10-9-14(11-13(17)2)20(33)31-35-4/h5-11H,1,12H2,2-4H3,(H,31,33)(H3,28,29,30)/b21-16-. The molecule has 2 aromatic rings. The van der Waals surface area contributed by atoms with E-state index in [1.54, 1.807) is 26.1 Å². The third kappa shape index (κ3) is 5.66. The van der Waals surface area contributed by atoms with Crippen molar-refractivity contribution in [3.05, 3.63) is 82.8 Å². The molecule has 4 N–H and O–H groups in total. The first-order valence-electron chi connectivity index (χ1n) is 10.5. The van der Waals surface area contributed by atoms with Gasteiger partial charge in [-0.2, -0.15) is 18.2 Å². The highest BCUT2D eigenvalue weighted by molar-refractivity contribution is 6.01. The topological polar surface area (TPSA) is 118 Å². The highest BCUT2D eigenvalue weighted by Gasteiger charge is 2.37. The van der Waals surface area contributed by atoms with Crippen LogP contribution in [-0.2, 0) is 11.4 Å². The van der Waals surface area contributed by atoms with E-state index in [-0.39, 0.29) is 16.9 Å². The van der Waals surface area contributed by atoms with E-state index in [9.17, 15) is 22.8 Å². The Bertz CT molecular complexity index is 1270. The van der Waals surface area contributed by atoms with Crippen molar-refractivity contribution in [2.75, 3.05) is 19.5 Å². The average molecular weight is 503 g/mol. The largest absolute Gasteiger partial charge is 0.437 e. The maximum absolute atomic E-state index is 13.7. The van der Waals surface area contributed by atoms with Crippen LogP contribution in [0.5, 0.6) is 5.75 Å². The van der Waals surface area contributed by atoms with Crippen LogP contribution in [0.1, 0.15) is 31.8 Å². The monoisotopic (exact) mass is 503 g/mol. The van der Waals surface area contributed by atoms with Crippen LogP contribution in [0.3, 0.4) is 0 Å². The number of ether oxygens (including phenoxy) is 1. The van der Waals surface area contributed by atoms with E-state index in [1.807, 2.05) is 0 Å². The molecule has 3 rings (SSSR count). The second-order valence-electron chi connectivity index (χ2n) is 7.76. The molecule has 0 fully saturated rings. The lowest BCUT2D eigenvalue weighted by molar-refractivity contribution is -0.0905. The number of nitrogens with two attached hydrogens (primary N) is 1. The SMILES string of the molecule is C=C/C(=C(\N=C(/N)Nc1ccc(C(=O)NOC)cc1C)Oc1cccc2c1C(=O)N(C)C2)C(F)(F)F. The summed E-state index contributed by atoms with van der Waals surface area (Å²) in [5.41, 5.74) is 8.79. The number of anilines is 1. The molecule has 0 spiro atoms. The molecule has 0 aliphatic carbocycles. The van der Waals surface area contributed by atoms with Gasteiger partial charge >= 0.3 is 6.18 Å². The summed E-state index contributed by atoms with van der Waals surface area (Å²) in [6.45, 7) is 5.18. The summed E-state index contributed by atoms with van der Waals surface area (Å²) in [6, 6.07) is 9.12. The second-order valence-corrected chi connectivity index (χ2v) is 7.76. The number of allylic oxidation sites excluding steroid dienone is 2. The Labute approximate surface area is 205 Å². The van der Waals surface area contributed by atoms with Crippen LogP contribution in [-0.4, -0.2) is 43.0 Å². The lowest BCUT2D eigenvalue weighted by atomic mass is 10.1. The van der Waals surface area contributed by atoms with Crippen molar-refractivity contribution >= 4 is 23.5 Å². The van der Waals surface area contributed by atoms with Gasteiger partial charge < -0.3 is 20.7 Å². The molecule has 2 aromatic carbocycles. The molecule has 0 unspecified atom stereocenters. The quantitative estimate of drug-likeness (QED) is 0.175. The summed E-state index contributed by atoms with van der Waals surface area (Å²) in [5, 5.41) is 2.70. The Balaban J connectivity index is 1.98. The van der Waals surface area contributed by atoms with Gasteiger partial charge in [0.2, 0.25) is 11.8 Å². The fourth-order valence-corrected chi connectivity index (χ4v) is 3.49. The van der Waals surface area contributed by atoms with Crippen LogP contribution < -0.4 is 21.3 Å². The van der Waals surface area contributed by atoms with Crippen molar-refractivity contribution in [3.63, 3.8) is 0 Å². The van der Waals surface area contributed by atoms with Crippen molar-refractivity contribution in [3.8, 4) is 5.75 Å². The fourth-order valence-electron chi connectivity index (χ4n) is 3.49. The van der Waals surface area contributed by atoms with Crippen molar-refractivity contribution in [2.24, 2.45) is 10.7 Å². The first-order chi connectivity index (χ1) is 17.0. The molecule has 0 aromatic heterocycles. The van der Waals surface area contributed by atoms with Crippen LogP contribution in [0.25, 0.3) is 0 Å². The maximum atomic E-state index is 13.7. The van der Waals surface area contributed by atoms with Crippen molar-refractivity contribution in [1.29, 1.82) is 0 Å². The molecule has 0 saturated heterocycles. The first-order valence-corrected chi connectivity index (χ1v) is 10.5. The third-order valence-electron chi connectivity index (χ3n) is 5.20. The maximum Gasteiger partial charge on any atom is 0.421 e. The van der Waals surface area contributed by atoms with E-state index in [2.05, 4.69) is 27.2 Å². The van der Waals surface area contributed by atoms with Gasteiger partial charge in [-0.25, -0.2) is 5.48 Å². The fraction of sp³-hybridized carbons (Fsp3) is 0.208. The summed E-state index contributed by atoms with van der Waals surface area (Å²) in [6.07, 6.45) is -4.32. The molecule has 0 radical (unpaired) electrons. The summed E-state index contributed by atoms with van der Waals surface area (Å²) in [7, 11) is 2.86. The number of amides is 2. The summed E-state index contributed by atoms with van der Waals surface area (Å²) in [5.74, 6) is -2.30. The van der Waals surface area contributed by atoms with E-state index in [0.717, 1.165) is 0 Å². The highest BCUT2D eigenvalue weighted by atomic mass is 19.4. The molecule has 9 nitrogen and oxygen atoms in total. The molecule has 0 bridgehead atoms. The minimum Gasteiger partial charge on any atom is -0.437 e. The van der Waals surface area contributed by atoms with E-state index < -0.39 is 35.4 Å². The van der Waals surface area contributed by atoms with Gasteiger partial charge in [0.15, 0.2) is 0 Å². The smallest absolute Gasteiger partial charge is 0.421 e. The van der Waals surface area contributed by atoms with Crippen LogP contribution in [0.2, 0.25) is 0 Å². The number of nitrogens with one attached hydrogen (secondary N) is 2. The average Bonchev–Trinajstić information content (AvgIpc) is 3.09. The number of carbonyl (C=O) groups excluding carboxylic acids is 2. The van der Waals surface area contributed by atoms with Gasteiger partial charge in [-0.3, -0.25) is 14.4 Å². The number of benzene rings is 2. The van der Waals surface area contributed by atoms with E-state index in [1.165, 1.54) is 36.3 Å². The van der Waals surface area contributed by atoms with Crippen LogP contribution in [0.4, 0.5) is 18.9 Å². The number of alkyl halides is 3. The van der Waals surface area contributed by atoms with Gasteiger partial charge in [-0.05, 0) is 42.3 Å². The van der Waals surface area contributed by atoms with Gasteiger partial charge in [0.25, 0.3) is 11.8 Å². The minimum atomic E-state index is -4.87. The Morgan fingerprint density at radius 2 is 2.00 bits per heavy atom. The summed E-state index contributed by atoms with van der Waals surface area (Å²) in [4.78, 5) is 34.3. The number of hydrogen-bond donors (Lipinski definition) is 3. The zero-order valence-corrected chi connectivity index (χ0v) is 19.7. The number of hydrogen-bond acceptors (Lipinski definition) is 5. The summed E-state index contributed by atoms with van der Waals surface area (Å²) >= 11 is 0. The Kier molecular flexibility index (Phi) is 7.68. The van der Waals surface area contributed by atoms with Crippen molar-refractivity contribution < 1.29 is 32.3 Å². The Hall–Kier alpha value is -4.32. The molecule has 1 aliphatic rings. The van der Waals surface area contributed by atoms with E-state index in [4.69, 9.17) is 10.5 Å². The predicted octanol–water partition coefficient (Wildman–Crippen LogP) is 3.64. The number of nitrogens with zero attached hydrogens (tertiary/aromatic N) is 2. The lowest BCUT2D eigenvalue weighted by Crippen LogP contribution is -2.25. The molecule has 36 heavy (non-hydrogen) atoms. The molecule has 1 heterocycles. The zero-order valence-electron chi connectivity index (χ0n) is 19.7. The molecule has 12 heteroatoms. The molecule has 0 atom stereocenters. The van der Waals surface area contributed by atoms with Crippen LogP contribution >= 0.6 is 0 Å². The molecular weight excluding hydrogens is 479 g/mol. The second kappa shape index (κ2) is 10.5. The normalized spacial score (nSPS) is 14.2.